The number of anilines is 1. The zero-order valence-corrected chi connectivity index (χ0v) is 21.0. The molecule has 0 aliphatic carbocycles. The lowest BCUT2D eigenvalue weighted by molar-refractivity contribution is -0.120. The summed E-state index contributed by atoms with van der Waals surface area (Å²) in [5.41, 5.74) is 0.936. The van der Waals surface area contributed by atoms with Crippen molar-refractivity contribution < 1.29 is 14.3 Å². The highest BCUT2D eigenvalue weighted by molar-refractivity contribution is 7.98. The Labute approximate surface area is 211 Å². The number of ether oxygens (including phenoxy) is 1. The van der Waals surface area contributed by atoms with Crippen LogP contribution in [0.4, 0.5) is 5.69 Å². The molecule has 4 aromatic rings. The van der Waals surface area contributed by atoms with Crippen molar-refractivity contribution in [1.82, 2.24) is 19.9 Å². The van der Waals surface area contributed by atoms with Crippen LogP contribution in [0.1, 0.15) is 27.8 Å². The minimum absolute atomic E-state index is 0.0554. The van der Waals surface area contributed by atoms with Crippen LogP contribution in [0.25, 0.3) is 10.1 Å². The SMILES string of the molecule is COC(=O)c1cn([C@H]2C[C@@H](C(=O)Nc3cccc(SC)c3)N(Cc3cc4ccccc4s3)C2)nn1. The Morgan fingerprint density at radius 3 is 2.86 bits per heavy atom. The van der Waals surface area contributed by atoms with Gasteiger partial charge in [0.15, 0.2) is 5.69 Å². The molecule has 35 heavy (non-hydrogen) atoms. The van der Waals surface area contributed by atoms with E-state index in [-0.39, 0.29) is 23.7 Å². The summed E-state index contributed by atoms with van der Waals surface area (Å²) in [6.07, 6.45) is 4.16. The van der Waals surface area contributed by atoms with Crippen LogP contribution in [0.3, 0.4) is 0 Å². The Bertz CT molecular complexity index is 1330. The average molecular weight is 508 g/mol. The number of nitrogens with zero attached hydrogens (tertiary/aromatic N) is 4. The first-order valence-electron chi connectivity index (χ1n) is 11.2. The van der Waals surface area contributed by atoms with Crippen molar-refractivity contribution >= 4 is 50.7 Å². The van der Waals surface area contributed by atoms with Crippen LogP contribution in [0.5, 0.6) is 0 Å². The van der Waals surface area contributed by atoms with Crippen LogP contribution in [-0.2, 0) is 16.1 Å². The van der Waals surface area contributed by atoms with Crippen molar-refractivity contribution in [2.45, 2.75) is 29.9 Å². The number of hydrogen-bond donors (Lipinski definition) is 1. The molecule has 1 aliphatic rings. The summed E-state index contributed by atoms with van der Waals surface area (Å²) in [5, 5.41) is 12.4. The van der Waals surface area contributed by atoms with Crippen molar-refractivity contribution in [2.75, 3.05) is 25.2 Å². The number of nitrogens with one attached hydrogen (secondary N) is 1. The van der Waals surface area contributed by atoms with Gasteiger partial charge in [-0.3, -0.25) is 9.69 Å². The molecule has 0 radical (unpaired) electrons. The van der Waals surface area contributed by atoms with E-state index in [1.807, 2.05) is 42.7 Å². The minimum Gasteiger partial charge on any atom is -0.464 e. The molecule has 1 fully saturated rings. The molecule has 1 aliphatic heterocycles. The van der Waals surface area contributed by atoms with Crippen molar-refractivity contribution in [2.24, 2.45) is 0 Å². The number of benzene rings is 2. The van der Waals surface area contributed by atoms with Crippen molar-refractivity contribution in [3.05, 3.63) is 71.4 Å². The largest absolute Gasteiger partial charge is 0.464 e. The van der Waals surface area contributed by atoms with Crippen LogP contribution >= 0.6 is 23.1 Å². The number of thioether (sulfide) groups is 1. The third-order valence-electron chi connectivity index (χ3n) is 6.14. The second-order valence-electron chi connectivity index (χ2n) is 8.38. The Morgan fingerprint density at radius 1 is 1.20 bits per heavy atom. The second kappa shape index (κ2) is 10.2. The molecule has 2 aromatic heterocycles. The van der Waals surface area contributed by atoms with E-state index < -0.39 is 5.97 Å². The van der Waals surface area contributed by atoms with Gasteiger partial charge in [-0.15, -0.1) is 28.2 Å². The van der Waals surface area contributed by atoms with E-state index in [4.69, 9.17) is 4.74 Å². The van der Waals surface area contributed by atoms with Crippen LogP contribution in [0, 0.1) is 0 Å². The molecule has 2 atom stereocenters. The van der Waals surface area contributed by atoms with Gasteiger partial charge in [-0.25, -0.2) is 9.48 Å². The molecule has 0 saturated carbocycles. The van der Waals surface area contributed by atoms with E-state index in [1.165, 1.54) is 22.1 Å². The van der Waals surface area contributed by atoms with E-state index in [0.717, 1.165) is 10.6 Å². The number of hydrogen-bond acceptors (Lipinski definition) is 8. The Hall–Kier alpha value is -3.21. The maximum absolute atomic E-state index is 13.4. The maximum atomic E-state index is 13.4. The molecule has 10 heteroatoms. The van der Waals surface area contributed by atoms with Crippen LogP contribution in [0.15, 0.2) is 65.7 Å². The molecule has 5 rings (SSSR count). The fourth-order valence-electron chi connectivity index (χ4n) is 4.41. The lowest BCUT2D eigenvalue weighted by Gasteiger charge is -2.23. The number of amides is 1. The molecule has 8 nitrogen and oxygen atoms in total. The number of esters is 1. The molecular weight excluding hydrogens is 482 g/mol. The maximum Gasteiger partial charge on any atom is 0.360 e. The highest BCUT2D eigenvalue weighted by atomic mass is 32.2. The first-order chi connectivity index (χ1) is 17.0. The molecular formula is C25H25N5O3S2. The molecule has 0 unspecified atom stereocenters. The van der Waals surface area contributed by atoms with Gasteiger partial charge < -0.3 is 10.1 Å². The first kappa shape index (κ1) is 23.5. The number of thiophene rings is 1. The predicted molar refractivity (Wildman–Crippen MR) is 138 cm³/mol. The topological polar surface area (TPSA) is 89.4 Å². The molecule has 0 spiro atoms. The summed E-state index contributed by atoms with van der Waals surface area (Å²) in [6.45, 7) is 1.26. The number of methoxy groups -OCH3 is 1. The summed E-state index contributed by atoms with van der Waals surface area (Å²) in [6, 6.07) is 17.9. The third-order valence-corrected chi connectivity index (χ3v) is 7.96. The lowest BCUT2D eigenvalue weighted by Crippen LogP contribution is -2.39. The summed E-state index contributed by atoms with van der Waals surface area (Å²) in [7, 11) is 1.32. The number of carbonyl (C=O) groups is 2. The number of fused-ring (bicyclic) bond motifs is 1. The standard InChI is InChI=1S/C25H25N5O3S2/c1-33-25(32)21-15-30(28-27-21)18-12-22(24(31)26-17-7-5-8-19(11-17)34-2)29(13-18)14-20-10-16-6-3-4-9-23(16)35-20/h3-11,15,18,22H,12-14H2,1-2H3,(H,26,31)/t18-,22-/m0/s1. The zero-order chi connectivity index (χ0) is 24.4. The molecule has 2 aromatic carbocycles. The van der Waals surface area contributed by atoms with E-state index in [2.05, 4.69) is 38.7 Å². The second-order valence-corrected chi connectivity index (χ2v) is 10.4. The first-order valence-corrected chi connectivity index (χ1v) is 13.2. The average Bonchev–Trinajstić information content (AvgIpc) is 3.61. The molecule has 1 saturated heterocycles. The van der Waals surface area contributed by atoms with Gasteiger partial charge in [0.25, 0.3) is 0 Å². The van der Waals surface area contributed by atoms with Gasteiger partial charge in [0.1, 0.15) is 0 Å². The highest BCUT2D eigenvalue weighted by Crippen LogP contribution is 2.33. The molecule has 180 valence electrons. The fraction of sp³-hybridized carbons (Fsp3) is 0.280. The summed E-state index contributed by atoms with van der Waals surface area (Å²) in [5.74, 6) is -0.584. The van der Waals surface area contributed by atoms with E-state index in [0.29, 0.717) is 19.5 Å². The van der Waals surface area contributed by atoms with Gasteiger partial charge in [-0.1, -0.05) is 29.5 Å². The molecule has 3 heterocycles. The smallest absolute Gasteiger partial charge is 0.360 e. The van der Waals surface area contributed by atoms with Gasteiger partial charge in [-0.2, -0.15) is 0 Å². The van der Waals surface area contributed by atoms with E-state index >= 15 is 0 Å². The van der Waals surface area contributed by atoms with Gasteiger partial charge in [0.2, 0.25) is 5.91 Å². The highest BCUT2D eigenvalue weighted by Gasteiger charge is 2.38. The quantitative estimate of drug-likeness (QED) is 0.292. The minimum atomic E-state index is -0.528. The van der Waals surface area contributed by atoms with E-state index in [9.17, 15) is 9.59 Å². The van der Waals surface area contributed by atoms with Crippen molar-refractivity contribution in [1.29, 1.82) is 0 Å². The predicted octanol–water partition coefficient (Wildman–Crippen LogP) is 4.46. The zero-order valence-electron chi connectivity index (χ0n) is 19.4. The molecule has 1 amide bonds. The van der Waals surface area contributed by atoms with Gasteiger partial charge >= 0.3 is 5.97 Å². The number of aromatic nitrogens is 3. The van der Waals surface area contributed by atoms with Crippen LogP contribution in [0.2, 0.25) is 0 Å². The van der Waals surface area contributed by atoms with Gasteiger partial charge in [-0.05, 0) is 48.4 Å². The Kier molecular flexibility index (Phi) is 6.85. The molecule has 0 bridgehead atoms. The van der Waals surface area contributed by atoms with E-state index in [1.54, 1.807) is 34.0 Å². The van der Waals surface area contributed by atoms with Crippen molar-refractivity contribution in [3.63, 3.8) is 0 Å². The van der Waals surface area contributed by atoms with Crippen molar-refractivity contribution in [3.8, 4) is 0 Å². The summed E-state index contributed by atoms with van der Waals surface area (Å²) < 4.78 is 7.66. The van der Waals surface area contributed by atoms with Gasteiger partial charge in [0, 0.05) is 33.2 Å². The van der Waals surface area contributed by atoms with Crippen LogP contribution in [-0.4, -0.2) is 57.7 Å². The summed E-state index contributed by atoms with van der Waals surface area (Å²) in [4.78, 5) is 29.8. The number of rotatable bonds is 7. The Morgan fingerprint density at radius 2 is 2.06 bits per heavy atom. The summed E-state index contributed by atoms with van der Waals surface area (Å²) >= 11 is 3.38. The number of carbonyl (C=O) groups excluding carboxylic acids is 2. The number of likely N-dealkylation sites (tertiary alicyclic amines) is 1. The van der Waals surface area contributed by atoms with Gasteiger partial charge in [0.05, 0.1) is 25.4 Å². The normalized spacial score (nSPS) is 18.1. The lowest BCUT2D eigenvalue weighted by atomic mass is 10.1. The Balaban J connectivity index is 1.39. The molecule has 1 N–H and O–H groups in total. The van der Waals surface area contributed by atoms with Crippen LogP contribution < -0.4 is 5.32 Å². The fourth-order valence-corrected chi connectivity index (χ4v) is 5.96. The monoisotopic (exact) mass is 507 g/mol. The third kappa shape index (κ3) is 5.09.